The van der Waals surface area contributed by atoms with Crippen LogP contribution in [-0.2, 0) is 10.2 Å². The molecule has 0 amide bonds. The van der Waals surface area contributed by atoms with Crippen molar-refractivity contribution in [2.24, 2.45) is 17.8 Å². The van der Waals surface area contributed by atoms with Gasteiger partial charge in [0, 0.05) is 23.9 Å². The number of rotatable bonds is 8. The van der Waals surface area contributed by atoms with E-state index in [1.54, 1.807) is 23.5 Å². The van der Waals surface area contributed by atoms with Crippen molar-refractivity contribution in [3.8, 4) is 26.8 Å². The van der Waals surface area contributed by atoms with E-state index in [2.05, 4.69) is 23.2 Å². The Bertz CT molecular complexity index is 1210. The molecule has 190 valence electrons. The zero-order chi connectivity index (χ0) is 24.0. The standard InChI is InChI=1S/C29H31NO4S.Na.H2O/c1-2-33-17-34-25-8-7-23(12-24(25)29-13-18-9-19(14-29)11-20(10-18)15-29)26-16-30-27(35-26)21-3-5-22(6-4-21)28(31)32;;/h3-8,12,16,18-20H,2,9-11,13-15,17H2,1H3,(H,31,32);;1H2/q;+1;/p-1. The number of aromatic carboxylic acids is 1. The van der Waals surface area contributed by atoms with Gasteiger partial charge in [-0.1, -0.05) is 12.1 Å². The topological polar surface area (TPSA) is 98.7 Å². The van der Waals surface area contributed by atoms with Crippen molar-refractivity contribution >= 4 is 17.3 Å². The van der Waals surface area contributed by atoms with E-state index >= 15 is 0 Å². The van der Waals surface area contributed by atoms with Gasteiger partial charge < -0.3 is 20.1 Å². The molecule has 4 aliphatic rings. The molecule has 37 heavy (non-hydrogen) atoms. The number of benzene rings is 2. The number of ether oxygens (including phenoxy) is 2. The Kier molecular flexibility index (Phi) is 8.83. The van der Waals surface area contributed by atoms with Gasteiger partial charge >= 0.3 is 35.5 Å². The smallest absolute Gasteiger partial charge is 0.870 e. The second-order valence-corrected chi connectivity index (χ2v) is 11.6. The molecule has 8 heteroatoms. The van der Waals surface area contributed by atoms with E-state index in [1.165, 1.54) is 49.7 Å². The third kappa shape index (κ3) is 5.54. The molecule has 3 aromatic rings. The van der Waals surface area contributed by atoms with Gasteiger partial charge in [0.25, 0.3) is 0 Å². The zero-order valence-corrected chi connectivity index (χ0v) is 24.3. The predicted molar refractivity (Wildman–Crippen MR) is 139 cm³/mol. The van der Waals surface area contributed by atoms with Gasteiger partial charge in [-0.05, 0) is 105 Å². The first-order valence-electron chi connectivity index (χ1n) is 12.7. The van der Waals surface area contributed by atoms with Crippen molar-refractivity contribution in [1.29, 1.82) is 0 Å². The third-order valence-corrected chi connectivity index (χ3v) is 9.36. The monoisotopic (exact) mass is 529 g/mol. The van der Waals surface area contributed by atoms with Gasteiger partial charge in [-0.3, -0.25) is 0 Å². The van der Waals surface area contributed by atoms with Gasteiger partial charge in [0.1, 0.15) is 10.8 Å². The van der Waals surface area contributed by atoms with E-state index in [4.69, 9.17) is 9.47 Å². The number of nitrogens with zero attached hydrogens (tertiary/aromatic N) is 1. The van der Waals surface area contributed by atoms with E-state index in [0.29, 0.717) is 6.61 Å². The Balaban J connectivity index is 0.00000160. The van der Waals surface area contributed by atoms with Gasteiger partial charge in [-0.2, -0.15) is 0 Å². The first-order chi connectivity index (χ1) is 17.0. The summed E-state index contributed by atoms with van der Waals surface area (Å²) in [6.45, 7) is 2.91. The number of hydrogen-bond acceptors (Lipinski definition) is 6. The van der Waals surface area contributed by atoms with Crippen molar-refractivity contribution in [3.05, 3.63) is 59.8 Å². The van der Waals surface area contributed by atoms with Crippen LogP contribution < -0.4 is 34.3 Å². The van der Waals surface area contributed by atoms with Crippen molar-refractivity contribution in [1.82, 2.24) is 4.98 Å². The fourth-order valence-corrected chi connectivity index (χ4v) is 8.07. The minimum Gasteiger partial charge on any atom is -0.870 e. The Morgan fingerprint density at radius 1 is 1.03 bits per heavy atom. The molecule has 0 aliphatic heterocycles. The first-order valence-corrected chi connectivity index (χ1v) is 13.5. The van der Waals surface area contributed by atoms with Crippen LogP contribution in [0.3, 0.4) is 0 Å². The van der Waals surface area contributed by atoms with Crippen LogP contribution >= 0.6 is 11.3 Å². The van der Waals surface area contributed by atoms with Crippen LogP contribution in [0, 0.1) is 17.8 Å². The largest absolute Gasteiger partial charge is 1.00 e. The summed E-state index contributed by atoms with van der Waals surface area (Å²) >= 11 is 1.64. The summed E-state index contributed by atoms with van der Waals surface area (Å²) in [7, 11) is 0. The molecule has 0 atom stereocenters. The average Bonchev–Trinajstić information content (AvgIpc) is 3.34. The second-order valence-electron chi connectivity index (χ2n) is 10.6. The summed E-state index contributed by atoms with van der Waals surface area (Å²) in [5.41, 5.74) is 3.96. The number of hydrogen-bond donors (Lipinski definition) is 1. The maximum absolute atomic E-state index is 11.2. The zero-order valence-electron chi connectivity index (χ0n) is 21.5. The fraction of sp³-hybridized carbons (Fsp3) is 0.448. The van der Waals surface area contributed by atoms with E-state index < -0.39 is 5.97 Å². The number of thiazole rings is 1. The van der Waals surface area contributed by atoms with Crippen molar-refractivity contribution in [3.63, 3.8) is 0 Å². The van der Waals surface area contributed by atoms with Crippen LogP contribution in [0.25, 0.3) is 21.0 Å². The van der Waals surface area contributed by atoms with Crippen LogP contribution in [0.5, 0.6) is 5.75 Å². The molecular weight excluding hydrogens is 497 g/mol. The summed E-state index contributed by atoms with van der Waals surface area (Å²) < 4.78 is 11.7. The number of carboxylic acid groups (broad SMARTS) is 1. The van der Waals surface area contributed by atoms with Crippen LogP contribution in [0.15, 0.2) is 48.7 Å². The molecule has 1 heterocycles. The summed E-state index contributed by atoms with van der Waals surface area (Å²) in [6, 6.07) is 13.6. The molecule has 0 saturated heterocycles. The van der Waals surface area contributed by atoms with E-state index in [1.807, 2.05) is 25.3 Å². The molecule has 2 N–H and O–H groups in total. The Labute approximate surface area is 244 Å². The molecule has 4 aliphatic carbocycles. The molecule has 4 saturated carbocycles. The Hall–Kier alpha value is -1.74. The van der Waals surface area contributed by atoms with Gasteiger partial charge in [0.05, 0.1) is 10.4 Å². The molecule has 0 spiro atoms. The van der Waals surface area contributed by atoms with E-state index in [-0.39, 0.29) is 52.8 Å². The van der Waals surface area contributed by atoms with Crippen LogP contribution in [0.2, 0.25) is 0 Å². The molecule has 4 bridgehead atoms. The summed E-state index contributed by atoms with van der Waals surface area (Å²) in [5.74, 6) is 2.62. The molecule has 2 aromatic carbocycles. The second kappa shape index (κ2) is 11.6. The third-order valence-electron chi connectivity index (χ3n) is 8.26. The Morgan fingerprint density at radius 2 is 1.65 bits per heavy atom. The van der Waals surface area contributed by atoms with E-state index in [9.17, 15) is 9.90 Å². The van der Waals surface area contributed by atoms with Crippen molar-refractivity contribution in [2.75, 3.05) is 13.4 Å². The maximum Gasteiger partial charge on any atom is 1.00 e. The number of aromatic nitrogens is 1. The molecule has 7 rings (SSSR count). The van der Waals surface area contributed by atoms with Crippen molar-refractivity contribution in [2.45, 2.75) is 50.9 Å². The first kappa shape index (κ1) is 28.3. The molecule has 0 unspecified atom stereocenters. The Morgan fingerprint density at radius 3 is 2.24 bits per heavy atom. The molecule has 6 nitrogen and oxygen atoms in total. The normalized spacial score (nSPS) is 25.3. The molecule has 1 aromatic heterocycles. The van der Waals surface area contributed by atoms with Gasteiger partial charge in [-0.25, -0.2) is 9.78 Å². The summed E-state index contributed by atoms with van der Waals surface area (Å²) in [5, 5.41) is 10.1. The number of carbonyl (C=O) groups is 1. The maximum atomic E-state index is 11.2. The number of carboxylic acids is 1. The van der Waals surface area contributed by atoms with Crippen LogP contribution in [-0.4, -0.2) is 34.9 Å². The van der Waals surface area contributed by atoms with Crippen LogP contribution in [0.4, 0.5) is 0 Å². The SMILES string of the molecule is CCOCOc1ccc(-c2cnc(-c3ccc(C(=O)O)cc3)s2)cc1C12CC3CC(CC(C3)C1)C2.[Na+].[OH-]. The summed E-state index contributed by atoms with van der Waals surface area (Å²) in [4.78, 5) is 17.0. The van der Waals surface area contributed by atoms with Gasteiger partial charge in [-0.15, -0.1) is 11.3 Å². The summed E-state index contributed by atoms with van der Waals surface area (Å²) in [6.07, 6.45) is 9.99. The fourth-order valence-electron chi connectivity index (χ4n) is 7.15. The molecule has 0 radical (unpaired) electrons. The quantitative estimate of drug-likeness (QED) is 0.271. The predicted octanol–water partition coefficient (Wildman–Crippen LogP) is 3.84. The van der Waals surface area contributed by atoms with Gasteiger partial charge in [0.2, 0.25) is 0 Å². The molecule has 4 fully saturated rings. The van der Waals surface area contributed by atoms with Crippen LogP contribution in [0.1, 0.15) is 61.4 Å². The van der Waals surface area contributed by atoms with E-state index in [0.717, 1.165) is 39.0 Å². The average molecular weight is 530 g/mol. The minimum atomic E-state index is -0.916. The van der Waals surface area contributed by atoms with Crippen molar-refractivity contribution < 1.29 is 54.4 Å². The van der Waals surface area contributed by atoms with Gasteiger partial charge in [0.15, 0.2) is 6.79 Å². The minimum absolute atomic E-state index is 0. The molecular formula is C29H32NNaO5S.